The smallest absolute Gasteiger partial charge is 0.257 e. The number of piperidine rings is 1. The van der Waals surface area contributed by atoms with Crippen molar-refractivity contribution < 1.29 is 9.59 Å². The molecule has 1 aromatic carbocycles. The summed E-state index contributed by atoms with van der Waals surface area (Å²) in [5.41, 5.74) is 2.81. The molecule has 5 nitrogen and oxygen atoms in total. The van der Waals surface area contributed by atoms with E-state index >= 15 is 0 Å². The van der Waals surface area contributed by atoms with Crippen molar-refractivity contribution in [2.24, 2.45) is 5.92 Å². The van der Waals surface area contributed by atoms with Gasteiger partial charge in [0.15, 0.2) is 5.78 Å². The van der Waals surface area contributed by atoms with E-state index in [-0.39, 0.29) is 11.7 Å². The summed E-state index contributed by atoms with van der Waals surface area (Å²) in [6.07, 6.45) is 5.72. The van der Waals surface area contributed by atoms with Gasteiger partial charge in [-0.3, -0.25) is 14.6 Å². The predicted octanol–water partition coefficient (Wildman–Crippen LogP) is 3.77. The third-order valence-electron chi connectivity index (χ3n) is 4.68. The Kier molecular flexibility index (Phi) is 5.12. The lowest BCUT2D eigenvalue weighted by molar-refractivity contribution is 0.101. The van der Waals surface area contributed by atoms with Gasteiger partial charge in [0.2, 0.25) is 0 Å². The SMILES string of the molecule is CC(=O)c1ccc(NC(=O)c2cncc(N3CCC(C)CC3)c2)cc1. The van der Waals surface area contributed by atoms with Gasteiger partial charge >= 0.3 is 0 Å². The third-order valence-corrected chi connectivity index (χ3v) is 4.68. The van der Waals surface area contributed by atoms with Crippen molar-refractivity contribution in [3.8, 4) is 0 Å². The van der Waals surface area contributed by atoms with Crippen LogP contribution in [0.2, 0.25) is 0 Å². The van der Waals surface area contributed by atoms with Gasteiger partial charge in [-0.05, 0) is 56.0 Å². The van der Waals surface area contributed by atoms with Crippen LogP contribution in [0.25, 0.3) is 0 Å². The van der Waals surface area contributed by atoms with E-state index in [9.17, 15) is 9.59 Å². The average molecular weight is 337 g/mol. The van der Waals surface area contributed by atoms with Crippen LogP contribution >= 0.6 is 0 Å². The third kappa shape index (κ3) is 4.24. The number of nitrogens with zero attached hydrogens (tertiary/aromatic N) is 2. The number of anilines is 2. The number of benzene rings is 1. The highest BCUT2D eigenvalue weighted by Crippen LogP contribution is 2.23. The molecule has 2 heterocycles. The zero-order valence-electron chi connectivity index (χ0n) is 14.7. The van der Waals surface area contributed by atoms with Gasteiger partial charge in [-0.1, -0.05) is 6.92 Å². The van der Waals surface area contributed by atoms with Crippen LogP contribution in [0.1, 0.15) is 47.4 Å². The molecule has 130 valence electrons. The Morgan fingerprint density at radius 1 is 1.08 bits per heavy atom. The Balaban J connectivity index is 1.69. The fourth-order valence-electron chi connectivity index (χ4n) is 2.98. The monoisotopic (exact) mass is 337 g/mol. The maximum Gasteiger partial charge on any atom is 0.257 e. The van der Waals surface area contributed by atoms with Gasteiger partial charge < -0.3 is 10.2 Å². The van der Waals surface area contributed by atoms with E-state index < -0.39 is 0 Å². The molecule has 2 aromatic rings. The Labute approximate surface area is 148 Å². The first-order chi connectivity index (χ1) is 12.0. The van der Waals surface area contributed by atoms with Crippen molar-refractivity contribution in [3.63, 3.8) is 0 Å². The predicted molar refractivity (Wildman–Crippen MR) is 99.2 cm³/mol. The van der Waals surface area contributed by atoms with Crippen LogP contribution in [0.15, 0.2) is 42.7 Å². The molecule has 1 amide bonds. The quantitative estimate of drug-likeness (QED) is 0.863. The second-order valence-corrected chi connectivity index (χ2v) is 6.69. The summed E-state index contributed by atoms with van der Waals surface area (Å²) in [6.45, 7) is 5.80. The Morgan fingerprint density at radius 3 is 2.40 bits per heavy atom. The number of carbonyl (C=O) groups is 2. The van der Waals surface area contributed by atoms with E-state index in [1.54, 1.807) is 30.5 Å². The highest BCUT2D eigenvalue weighted by atomic mass is 16.1. The topological polar surface area (TPSA) is 62.3 Å². The van der Waals surface area contributed by atoms with Gasteiger partial charge in [0.1, 0.15) is 0 Å². The van der Waals surface area contributed by atoms with Gasteiger partial charge in [0.05, 0.1) is 17.4 Å². The van der Waals surface area contributed by atoms with Crippen molar-refractivity contribution in [1.82, 2.24) is 4.98 Å². The molecule has 1 aliphatic rings. The van der Waals surface area contributed by atoms with Crippen molar-refractivity contribution >= 4 is 23.1 Å². The van der Waals surface area contributed by atoms with Crippen molar-refractivity contribution in [2.45, 2.75) is 26.7 Å². The maximum atomic E-state index is 12.5. The number of rotatable bonds is 4. The second kappa shape index (κ2) is 7.47. The molecule has 1 saturated heterocycles. The van der Waals surface area contributed by atoms with Crippen LogP contribution in [0, 0.1) is 5.92 Å². The molecule has 3 rings (SSSR count). The molecule has 1 aromatic heterocycles. The normalized spacial score (nSPS) is 15.0. The molecule has 0 radical (unpaired) electrons. The Bertz CT molecular complexity index is 763. The number of Topliss-reactive ketones (excluding diaryl/α,β-unsaturated/α-hetero) is 1. The summed E-state index contributed by atoms with van der Waals surface area (Å²) in [6, 6.07) is 8.78. The molecule has 0 aliphatic carbocycles. The minimum atomic E-state index is -0.199. The molecule has 0 atom stereocenters. The summed E-state index contributed by atoms with van der Waals surface area (Å²) >= 11 is 0. The van der Waals surface area contributed by atoms with Crippen molar-refractivity contribution in [1.29, 1.82) is 0 Å². The minimum absolute atomic E-state index is 0.00521. The van der Waals surface area contributed by atoms with Gasteiger partial charge in [-0.15, -0.1) is 0 Å². The summed E-state index contributed by atoms with van der Waals surface area (Å²) in [5.74, 6) is 0.564. The lowest BCUT2D eigenvalue weighted by Crippen LogP contribution is -2.33. The molecule has 1 N–H and O–H groups in total. The standard InChI is InChI=1S/C20H23N3O2/c1-14-7-9-23(10-8-14)19-11-17(12-21-13-19)20(25)22-18-5-3-16(4-6-18)15(2)24/h3-6,11-14H,7-10H2,1-2H3,(H,22,25). The molecule has 1 aliphatic heterocycles. The van der Waals surface area contributed by atoms with Crippen LogP contribution in [0.3, 0.4) is 0 Å². The van der Waals surface area contributed by atoms with Crippen LogP contribution in [0.5, 0.6) is 0 Å². The molecule has 0 unspecified atom stereocenters. The number of nitrogens with one attached hydrogen (secondary N) is 1. The zero-order chi connectivity index (χ0) is 17.8. The number of ketones is 1. The highest BCUT2D eigenvalue weighted by Gasteiger charge is 2.17. The molecular formula is C20H23N3O2. The number of hydrogen-bond acceptors (Lipinski definition) is 4. The van der Waals surface area contributed by atoms with Gasteiger partial charge in [-0.2, -0.15) is 0 Å². The summed E-state index contributed by atoms with van der Waals surface area (Å²) in [7, 11) is 0. The Hall–Kier alpha value is -2.69. The van der Waals surface area contributed by atoms with Crippen LogP contribution < -0.4 is 10.2 Å². The lowest BCUT2D eigenvalue weighted by Gasteiger charge is -2.32. The zero-order valence-corrected chi connectivity index (χ0v) is 14.7. The van der Waals surface area contributed by atoms with Crippen molar-refractivity contribution in [3.05, 3.63) is 53.9 Å². The first kappa shape index (κ1) is 17.1. The van der Waals surface area contributed by atoms with Crippen LogP contribution in [-0.2, 0) is 0 Å². The van der Waals surface area contributed by atoms with E-state index in [0.29, 0.717) is 16.8 Å². The molecule has 25 heavy (non-hydrogen) atoms. The van der Waals surface area contributed by atoms with E-state index in [1.165, 1.54) is 19.8 Å². The number of hydrogen-bond donors (Lipinski definition) is 1. The fraction of sp³-hybridized carbons (Fsp3) is 0.350. The summed E-state index contributed by atoms with van der Waals surface area (Å²) in [5, 5.41) is 2.85. The second-order valence-electron chi connectivity index (χ2n) is 6.69. The number of pyridine rings is 1. The first-order valence-electron chi connectivity index (χ1n) is 8.65. The maximum absolute atomic E-state index is 12.5. The highest BCUT2D eigenvalue weighted by molar-refractivity contribution is 6.04. The molecule has 0 bridgehead atoms. The van der Waals surface area contributed by atoms with Crippen molar-refractivity contribution in [2.75, 3.05) is 23.3 Å². The summed E-state index contributed by atoms with van der Waals surface area (Å²) < 4.78 is 0. The number of aromatic nitrogens is 1. The molecular weight excluding hydrogens is 314 g/mol. The van der Waals surface area contributed by atoms with Gasteiger partial charge in [-0.25, -0.2) is 0 Å². The van der Waals surface area contributed by atoms with E-state index in [0.717, 1.165) is 24.7 Å². The summed E-state index contributed by atoms with van der Waals surface area (Å²) in [4.78, 5) is 30.3. The number of amides is 1. The van der Waals surface area contributed by atoms with E-state index in [2.05, 4.69) is 22.1 Å². The molecule has 1 fully saturated rings. The fourth-order valence-corrected chi connectivity index (χ4v) is 2.98. The van der Waals surface area contributed by atoms with E-state index in [4.69, 9.17) is 0 Å². The van der Waals surface area contributed by atoms with Crippen LogP contribution in [-0.4, -0.2) is 29.8 Å². The van der Waals surface area contributed by atoms with Gasteiger partial charge in [0, 0.05) is 30.5 Å². The molecule has 5 heteroatoms. The Morgan fingerprint density at radius 2 is 1.76 bits per heavy atom. The minimum Gasteiger partial charge on any atom is -0.370 e. The largest absolute Gasteiger partial charge is 0.370 e. The van der Waals surface area contributed by atoms with E-state index in [1.807, 2.05) is 12.3 Å². The van der Waals surface area contributed by atoms with Crippen LogP contribution in [0.4, 0.5) is 11.4 Å². The lowest BCUT2D eigenvalue weighted by atomic mass is 9.99. The average Bonchev–Trinajstić information content (AvgIpc) is 2.63. The van der Waals surface area contributed by atoms with Gasteiger partial charge in [0.25, 0.3) is 5.91 Å². The first-order valence-corrected chi connectivity index (χ1v) is 8.65. The number of carbonyl (C=O) groups excluding carboxylic acids is 2. The molecule has 0 saturated carbocycles. The molecule has 0 spiro atoms.